The molecular weight excluding hydrogens is 294 g/mol. The quantitative estimate of drug-likeness (QED) is 0.722. The van der Waals surface area contributed by atoms with Gasteiger partial charge in [-0.15, -0.1) is 0 Å². The highest BCUT2D eigenvalue weighted by Crippen LogP contribution is 2.11. The lowest BCUT2D eigenvalue weighted by atomic mass is 10.1. The highest BCUT2D eigenvalue weighted by molar-refractivity contribution is 5.74. The van der Waals surface area contributed by atoms with E-state index in [0.29, 0.717) is 19.6 Å². The molecule has 0 radical (unpaired) electrons. The minimum Gasteiger partial charge on any atom is -0.508 e. The van der Waals surface area contributed by atoms with Crippen LogP contribution in [0.1, 0.15) is 31.7 Å². The molecule has 2 rings (SSSR count). The van der Waals surface area contributed by atoms with Crippen LogP contribution in [-0.4, -0.2) is 47.6 Å². The molecule has 1 aliphatic rings. The molecule has 1 aromatic carbocycles. The lowest BCUT2D eigenvalue weighted by Gasteiger charge is -2.31. The standard InChI is InChI=1S/C17H25N3O3/c1-13(21)20-11-8-15(9-12-20)19-17(23)18-10-2-3-14-4-6-16(22)7-5-14/h4-7,15,22H,2-3,8-12H2,1H3,(H2,18,19,23). The van der Waals surface area contributed by atoms with E-state index in [-0.39, 0.29) is 23.7 Å². The van der Waals surface area contributed by atoms with E-state index in [1.54, 1.807) is 19.1 Å². The number of urea groups is 1. The third-order valence-corrected chi connectivity index (χ3v) is 4.14. The fourth-order valence-electron chi connectivity index (χ4n) is 2.73. The molecule has 1 fully saturated rings. The number of likely N-dealkylation sites (tertiary alicyclic amines) is 1. The molecule has 0 unspecified atom stereocenters. The number of nitrogens with zero attached hydrogens (tertiary/aromatic N) is 1. The first-order valence-corrected chi connectivity index (χ1v) is 8.12. The Bertz CT molecular complexity index is 522. The molecule has 6 heteroatoms. The maximum Gasteiger partial charge on any atom is 0.315 e. The number of amides is 3. The van der Waals surface area contributed by atoms with Crippen molar-refractivity contribution in [1.29, 1.82) is 0 Å². The van der Waals surface area contributed by atoms with E-state index in [9.17, 15) is 14.7 Å². The lowest BCUT2D eigenvalue weighted by molar-refractivity contribution is -0.129. The molecule has 1 aromatic rings. The van der Waals surface area contributed by atoms with Crippen LogP contribution in [0.4, 0.5) is 4.79 Å². The van der Waals surface area contributed by atoms with Crippen LogP contribution in [0.5, 0.6) is 5.75 Å². The summed E-state index contributed by atoms with van der Waals surface area (Å²) in [5, 5.41) is 15.0. The Balaban J connectivity index is 1.58. The molecule has 0 bridgehead atoms. The highest BCUT2D eigenvalue weighted by atomic mass is 16.3. The number of carbonyl (C=O) groups excluding carboxylic acids is 2. The Hall–Kier alpha value is -2.24. The number of carbonyl (C=O) groups is 2. The zero-order valence-electron chi connectivity index (χ0n) is 13.5. The summed E-state index contributed by atoms with van der Waals surface area (Å²) < 4.78 is 0. The topological polar surface area (TPSA) is 81.7 Å². The second-order valence-corrected chi connectivity index (χ2v) is 5.95. The number of benzene rings is 1. The second-order valence-electron chi connectivity index (χ2n) is 5.95. The van der Waals surface area contributed by atoms with Gasteiger partial charge in [-0.3, -0.25) is 4.79 Å². The molecule has 0 atom stereocenters. The Morgan fingerprint density at radius 1 is 1.22 bits per heavy atom. The van der Waals surface area contributed by atoms with Gasteiger partial charge in [-0.05, 0) is 43.4 Å². The van der Waals surface area contributed by atoms with Gasteiger partial charge in [0, 0.05) is 32.6 Å². The van der Waals surface area contributed by atoms with Gasteiger partial charge < -0.3 is 20.6 Å². The summed E-state index contributed by atoms with van der Waals surface area (Å²) in [5.41, 5.74) is 1.14. The number of aryl methyl sites for hydroxylation is 1. The lowest BCUT2D eigenvalue weighted by Crippen LogP contribution is -2.48. The van der Waals surface area contributed by atoms with Crippen LogP contribution >= 0.6 is 0 Å². The van der Waals surface area contributed by atoms with Gasteiger partial charge in [0.1, 0.15) is 5.75 Å². The minimum atomic E-state index is -0.142. The monoisotopic (exact) mass is 319 g/mol. The zero-order valence-corrected chi connectivity index (χ0v) is 13.5. The average molecular weight is 319 g/mol. The molecule has 1 heterocycles. The Kier molecular flexibility index (Phi) is 6.26. The average Bonchev–Trinajstić information content (AvgIpc) is 2.54. The van der Waals surface area contributed by atoms with Crippen LogP contribution in [0, 0.1) is 0 Å². The van der Waals surface area contributed by atoms with E-state index in [1.165, 1.54) is 0 Å². The van der Waals surface area contributed by atoms with Crippen LogP contribution in [0.15, 0.2) is 24.3 Å². The smallest absolute Gasteiger partial charge is 0.315 e. The maximum atomic E-state index is 11.8. The number of rotatable bonds is 5. The number of phenolic OH excluding ortho intramolecular Hbond substituents is 1. The first-order chi connectivity index (χ1) is 11.0. The number of aromatic hydroxyl groups is 1. The SMILES string of the molecule is CC(=O)N1CCC(NC(=O)NCCCc2ccc(O)cc2)CC1. The molecule has 23 heavy (non-hydrogen) atoms. The minimum absolute atomic E-state index is 0.0992. The summed E-state index contributed by atoms with van der Waals surface area (Å²) in [6.07, 6.45) is 3.32. The Labute approximate surface area is 136 Å². The molecule has 3 amide bonds. The van der Waals surface area contributed by atoms with Crippen molar-refractivity contribution in [2.45, 2.75) is 38.6 Å². The van der Waals surface area contributed by atoms with Crippen LogP contribution in [0.2, 0.25) is 0 Å². The first kappa shape index (κ1) is 17.1. The van der Waals surface area contributed by atoms with E-state index in [1.807, 2.05) is 17.0 Å². The van der Waals surface area contributed by atoms with E-state index >= 15 is 0 Å². The van der Waals surface area contributed by atoms with E-state index in [0.717, 1.165) is 31.2 Å². The van der Waals surface area contributed by atoms with Crippen molar-refractivity contribution in [3.05, 3.63) is 29.8 Å². The molecule has 1 aliphatic heterocycles. The van der Waals surface area contributed by atoms with Gasteiger partial charge in [0.15, 0.2) is 0 Å². The van der Waals surface area contributed by atoms with Crippen molar-refractivity contribution in [1.82, 2.24) is 15.5 Å². The molecule has 0 spiro atoms. The van der Waals surface area contributed by atoms with Crippen LogP contribution in [0.25, 0.3) is 0 Å². The molecular formula is C17H25N3O3. The van der Waals surface area contributed by atoms with Gasteiger partial charge in [0.25, 0.3) is 0 Å². The molecule has 1 saturated heterocycles. The number of nitrogens with one attached hydrogen (secondary N) is 2. The van der Waals surface area contributed by atoms with Crippen molar-refractivity contribution in [3.63, 3.8) is 0 Å². The van der Waals surface area contributed by atoms with E-state index < -0.39 is 0 Å². The Morgan fingerprint density at radius 2 is 1.87 bits per heavy atom. The molecule has 0 aromatic heterocycles. The summed E-state index contributed by atoms with van der Waals surface area (Å²) in [5.74, 6) is 0.365. The third-order valence-electron chi connectivity index (χ3n) is 4.14. The second kappa shape index (κ2) is 8.41. The van der Waals surface area contributed by atoms with Gasteiger partial charge in [-0.25, -0.2) is 4.79 Å². The van der Waals surface area contributed by atoms with Crippen molar-refractivity contribution in [3.8, 4) is 5.75 Å². The van der Waals surface area contributed by atoms with Gasteiger partial charge in [-0.1, -0.05) is 12.1 Å². The fourth-order valence-corrected chi connectivity index (χ4v) is 2.73. The summed E-state index contributed by atoms with van der Waals surface area (Å²) in [6, 6.07) is 7.11. The van der Waals surface area contributed by atoms with E-state index in [4.69, 9.17) is 0 Å². The largest absolute Gasteiger partial charge is 0.508 e. The normalized spacial score (nSPS) is 15.3. The fraction of sp³-hybridized carbons (Fsp3) is 0.529. The molecule has 0 aliphatic carbocycles. The summed E-state index contributed by atoms with van der Waals surface area (Å²) >= 11 is 0. The van der Waals surface area contributed by atoms with Crippen molar-refractivity contribution < 1.29 is 14.7 Å². The number of phenols is 1. The predicted molar refractivity (Wildman–Crippen MR) is 88.2 cm³/mol. The van der Waals surface area contributed by atoms with Crippen LogP contribution in [-0.2, 0) is 11.2 Å². The van der Waals surface area contributed by atoms with Crippen LogP contribution < -0.4 is 10.6 Å². The van der Waals surface area contributed by atoms with Gasteiger partial charge in [0.2, 0.25) is 5.91 Å². The van der Waals surface area contributed by atoms with Gasteiger partial charge in [0.05, 0.1) is 0 Å². The first-order valence-electron chi connectivity index (χ1n) is 8.12. The Morgan fingerprint density at radius 3 is 2.48 bits per heavy atom. The zero-order chi connectivity index (χ0) is 16.7. The summed E-state index contributed by atoms with van der Waals surface area (Å²) in [4.78, 5) is 24.9. The molecule has 126 valence electrons. The molecule has 0 saturated carbocycles. The van der Waals surface area contributed by atoms with Gasteiger partial charge >= 0.3 is 6.03 Å². The van der Waals surface area contributed by atoms with Crippen molar-refractivity contribution in [2.24, 2.45) is 0 Å². The highest BCUT2D eigenvalue weighted by Gasteiger charge is 2.21. The van der Waals surface area contributed by atoms with Crippen molar-refractivity contribution >= 4 is 11.9 Å². The molecule has 3 N–H and O–H groups in total. The van der Waals surface area contributed by atoms with Gasteiger partial charge in [-0.2, -0.15) is 0 Å². The third kappa shape index (κ3) is 5.81. The molecule has 6 nitrogen and oxygen atoms in total. The van der Waals surface area contributed by atoms with Crippen LogP contribution in [0.3, 0.4) is 0 Å². The predicted octanol–water partition coefficient (Wildman–Crippen LogP) is 1.63. The number of hydrogen-bond donors (Lipinski definition) is 3. The van der Waals surface area contributed by atoms with Crippen molar-refractivity contribution in [2.75, 3.05) is 19.6 Å². The number of hydrogen-bond acceptors (Lipinski definition) is 3. The van der Waals surface area contributed by atoms with E-state index in [2.05, 4.69) is 10.6 Å². The summed E-state index contributed by atoms with van der Waals surface area (Å²) in [7, 11) is 0. The number of piperidine rings is 1. The summed E-state index contributed by atoms with van der Waals surface area (Å²) in [6.45, 7) is 3.61. The maximum absolute atomic E-state index is 11.8.